The molecule has 3 rings (SSSR count). The molecular weight excluding hydrogens is 375 g/mol. The molecule has 0 N–H and O–H groups in total. The van der Waals surface area contributed by atoms with Gasteiger partial charge in [-0.25, -0.2) is 0 Å². The van der Waals surface area contributed by atoms with Crippen LogP contribution in [0.2, 0.25) is 17.3 Å². The van der Waals surface area contributed by atoms with Crippen LogP contribution in [0.3, 0.4) is 0 Å². The molecule has 2 heteroatoms. The topological polar surface area (TPSA) is 3.88 Å². The van der Waals surface area contributed by atoms with Crippen molar-refractivity contribution in [2.75, 3.05) is 0 Å². The Bertz CT molecular complexity index is 1050. The van der Waals surface area contributed by atoms with Crippen LogP contribution < -0.4 is 8.96 Å². The Labute approximate surface area is 165 Å². The van der Waals surface area contributed by atoms with E-state index in [1.807, 2.05) is 43.3 Å². The summed E-state index contributed by atoms with van der Waals surface area (Å²) in [5.41, 5.74) is 6.62. The number of rotatable bonds is 3. The van der Waals surface area contributed by atoms with Crippen LogP contribution in [-0.4, -0.2) is 13.3 Å². The molecule has 0 amide bonds. The standard InChI is InChI=1S/C24H30GeN/c1-17-13-18(2)22(15-21(17)20-11-9-8-10-12-20)24-14-19(3)23(16-26(24)7)25(4,5)6/h8-16H,1-7H3/q+1/i1D3. The zero-order valence-corrected chi connectivity index (χ0v) is 18.7. The van der Waals surface area contributed by atoms with E-state index in [9.17, 15) is 0 Å². The quantitative estimate of drug-likeness (QED) is 0.408. The Kier molecular flexibility index (Phi) is 4.12. The van der Waals surface area contributed by atoms with Gasteiger partial charge in [0.05, 0.1) is 0 Å². The fourth-order valence-electron chi connectivity index (χ4n) is 3.64. The molecule has 0 spiro atoms. The summed E-state index contributed by atoms with van der Waals surface area (Å²) >= 11 is -1.97. The summed E-state index contributed by atoms with van der Waals surface area (Å²) in [4.78, 5) is 0. The van der Waals surface area contributed by atoms with E-state index in [1.165, 1.54) is 9.96 Å². The third kappa shape index (κ3) is 3.64. The fraction of sp³-hybridized carbons (Fsp3) is 0.292. The molecule has 26 heavy (non-hydrogen) atoms. The number of pyridine rings is 1. The van der Waals surface area contributed by atoms with E-state index < -0.39 is 20.1 Å². The number of hydrogen-bond acceptors (Lipinski definition) is 0. The van der Waals surface area contributed by atoms with Crippen LogP contribution in [-0.2, 0) is 7.05 Å². The average Bonchev–Trinajstić information content (AvgIpc) is 2.62. The zero-order chi connectivity index (χ0) is 21.6. The van der Waals surface area contributed by atoms with Gasteiger partial charge in [-0.3, -0.25) is 0 Å². The van der Waals surface area contributed by atoms with E-state index in [4.69, 9.17) is 4.11 Å². The molecule has 1 aromatic heterocycles. The molecule has 0 aliphatic heterocycles. The van der Waals surface area contributed by atoms with Gasteiger partial charge >= 0.3 is 165 Å². The van der Waals surface area contributed by atoms with E-state index in [0.29, 0.717) is 5.56 Å². The predicted octanol–water partition coefficient (Wildman–Crippen LogP) is 5.32. The minimum absolute atomic E-state index is 0.408. The SMILES string of the molecule is [2H]C([2H])([2H])c1cc(C)c(-c2cc(C)[c]([Ge]([CH3])([CH3])[CH3])c[n+]2C)cc1-c1ccccc1. The average molecular weight is 408 g/mol. The van der Waals surface area contributed by atoms with Crippen LogP contribution in [0, 0.1) is 20.7 Å². The van der Waals surface area contributed by atoms with Crippen molar-refractivity contribution in [2.45, 2.75) is 38.0 Å². The summed E-state index contributed by atoms with van der Waals surface area (Å²) in [5, 5.41) is 0. The number of hydrogen-bond donors (Lipinski definition) is 0. The molecule has 2 aromatic carbocycles. The van der Waals surface area contributed by atoms with Gasteiger partial charge in [0, 0.05) is 0 Å². The third-order valence-corrected chi connectivity index (χ3v) is 9.50. The molecule has 1 heterocycles. The Morgan fingerprint density at radius 1 is 0.846 bits per heavy atom. The summed E-state index contributed by atoms with van der Waals surface area (Å²) in [7, 11) is 2.09. The van der Waals surface area contributed by atoms with Crippen molar-refractivity contribution in [3.05, 3.63) is 71.4 Å². The van der Waals surface area contributed by atoms with Crippen LogP contribution >= 0.6 is 0 Å². The van der Waals surface area contributed by atoms with E-state index in [-0.39, 0.29) is 0 Å². The molecule has 0 saturated carbocycles. The Hall–Kier alpha value is -1.87. The molecule has 3 aromatic rings. The second-order valence-electron chi connectivity index (χ2n) is 8.20. The molecular formula is C24H30GeN+. The first-order valence-corrected chi connectivity index (χ1v) is 16.5. The first-order valence-electron chi connectivity index (χ1n) is 10.6. The predicted molar refractivity (Wildman–Crippen MR) is 116 cm³/mol. The number of nitrogens with zero attached hydrogens (tertiary/aromatic N) is 1. The molecule has 0 fully saturated rings. The maximum atomic E-state index is 8.04. The third-order valence-electron chi connectivity index (χ3n) is 5.01. The van der Waals surface area contributed by atoms with Crippen molar-refractivity contribution in [3.63, 3.8) is 0 Å². The molecule has 0 radical (unpaired) electrons. The van der Waals surface area contributed by atoms with Crippen LogP contribution in [0.25, 0.3) is 22.4 Å². The van der Waals surface area contributed by atoms with Gasteiger partial charge in [-0.2, -0.15) is 0 Å². The summed E-state index contributed by atoms with van der Waals surface area (Å²) < 4.78 is 27.8. The van der Waals surface area contributed by atoms with Crippen molar-refractivity contribution in [1.82, 2.24) is 0 Å². The molecule has 0 atom stereocenters. The van der Waals surface area contributed by atoms with Crippen molar-refractivity contribution in [2.24, 2.45) is 7.05 Å². The van der Waals surface area contributed by atoms with Gasteiger partial charge in [0.1, 0.15) is 0 Å². The molecule has 1 nitrogen and oxygen atoms in total. The normalized spacial score (nSPS) is 13.8. The van der Waals surface area contributed by atoms with Gasteiger partial charge in [-0.15, -0.1) is 0 Å². The number of benzene rings is 2. The van der Waals surface area contributed by atoms with Gasteiger partial charge in [0.15, 0.2) is 0 Å². The van der Waals surface area contributed by atoms with Crippen molar-refractivity contribution in [1.29, 1.82) is 0 Å². The summed E-state index contributed by atoms with van der Waals surface area (Å²) in [6, 6.07) is 16.0. The van der Waals surface area contributed by atoms with Crippen molar-refractivity contribution < 1.29 is 8.68 Å². The van der Waals surface area contributed by atoms with Gasteiger partial charge in [-0.05, 0) is 0 Å². The van der Waals surface area contributed by atoms with Gasteiger partial charge < -0.3 is 0 Å². The Morgan fingerprint density at radius 2 is 1.54 bits per heavy atom. The molecule has 134 valence electrons. The Morgan fingerprint density at radius 3 is 2.15 bits per heavy atom. The van der Waals surface area contributed by atoms with Gasteiger partial charge in [0.25, 0.3) is 0 Å². The monoisotopic (exact) mass is 409 g/mol. The zero-order valence-electron chi connectivity index (χ0n) is 19.6. The van der Waals surface area contributed by atoms with Crippen molar-refractivity contribution in [3.8, 4) is 22.4 Å². The first-order chi connectivity index (χ1) is 13.4. The molecule has 0 aliphatic rings. The van der Waals surface area contributed by atoms with E-state index >= 15 is 0 Å². The molecule has 0 bridgehead atoms. The van der Waals surface area contributed by atoms with E-state index in [2.05, 4.69) is 54.1 Å². The molecule has 0 saturated heterocycles. The Balaban J connectivity index is 2.28. The second kappa shape index (κ2) is 7.04. The van der Waals surface area contributed by atoms with Crippen LogP contribution in [0.4, 0.5) is 0 Å². The second-order valence-corrected chi connectivity index (χ2v) is 18.8. The first kappa shape index (κ1) is 15.2. The summed E-state index contributed by atoms with van der Waals surface area (Å²) in [6.45, 7) is 2.04. The van der Waals surface area contributed by atoms with Crippen LogP contribution in [0.1, 0.15) is 20.8 Å². The molecule has 0 unspecified atom stereocenters. The maximum absolute atomic E-state index is 8.04. The fourth-order valence-corrected chi connectivity index (χ4v) is 7.50. The van der Waals surface area contributed by atoms with Crippen LogP contribution in [0.15, 0.2) is 54.7 Å². The van der Waals surface area contributed by atoms with Crippen molar-refractivity contribution >= 4 is 17.7 Å². The number of aryl methyl sites for hydroxylation is 4. The summed E-state index contributed by atoms with van der Waals surface area (Å²) in [5.74, 6) is 7.23. The van der Waals surface area contributed by atoms with Gasteiger partial charge in [-0.1, -0.05) is 0 Å². The number of aromatic nitrogens is 1. The van der Waals surface area contributed by atoms with Gasteiger partial charge in [0.2, 0.25) is 0 Å². The summed E-state index contributed by atoms with van der Waals surface area (Å²) in [6.07, 6.45) is 2.28. The van der Waals surface area contributed by atoms with E-state index in [1.54, 1.807) is 0 Å². The molecule has 0 aliphatic carbocycles. The van der Waals surface area contributed by atoms with E-state index in [0.717, 1.165) is 27.9 Å². The minimum atomic E-state index is -2.16. The van der Waals surface area contributed by atoms with Crippen LogP contribution in [0.5, 0.6) is 0 Å².